The lowest BCUT2D eigenvalue weighted by Gasteiger charge is -2.27. The molecule has 1 saturated heterocycles. The maximum absolute atomic E-state index is 12.9. The van der Waals surface area contributed by atoms with E-state index in [2.05, 4.69) is 27.4 Å². The van der Waals surface area contributed by atoms with E-state index in [1.54, 1.807) is 7.11 Å². The highest BCUT2D eigenvalue weighted by atomic mass is 16.5. The van der Waals surface area contributed by atoms with E-state index in [1.165, 1.54) is 5.56 Å². The zero-order chi connectivity index (χ0) is 21.2. The number of carbonyl (C=O) groups excluding carboxylic acids is 1. The van der Waals surface area contributed by atoms with E-state index in [-0.39, 0.29) is 11.8 Å². The summed E-state index contributed by atoms with van der Waals surface area (Å²) in [6.07, 6.45) is 11.0. The first kappa shape index (κ1) is 19.6. The van der Waals surface area contributed by atoms with Crippen molar-refractivity contribution in [2.75, 3.05) is 33.3 Å². The lowest BCUT2D eigenvalue weighted by molar-refractivity contribution is 0.0736. The molecule has 1 atom stereocenters. The Kier molecular flexibility index (Phi) is 5.30. The van der Waals surface area contributed by atoms with Gasteiger partial charge in [-0.2, -0.15) is 0 Å². The molecule has 1 amide bonds. The third-order valence-corrected chi connectivity index (χ3v) is 6.13. The summed E-state index contributed by atoms with van der Waals surface area (Å²) in [6, 6.07) is 10.0. The Labute approximate surface area is 181 Å². The van der Waals surface area contributed by atoms with Crippen molar-refractivity contribution in [2.24, 2.45) is 0 Å². The van der Waals surface area contributed by atoms with Gasteiger partial charge in [-0.05, 0) is 41.8 Å². The number of nitrogens with zero attached hydrogens (tertiary/aromatic N) is 2. The van der Waals surface area contributed by atoms with Crippen molar-refractivity contribution >= 4 is 16.9 Å². The molecule has 1 aliphatic carbocycles. The Bertz CT molecular complexity index is 1170. The molecule has 31 heavy (non-hydrogen) atoms. The number of allylic oxidation sites excluding steroid dienone is 4. The largest absolute Gasteiger partial charge is 0.500 e. The highest BCUT2D eigenvalue weighted by Crippen LogP contribution is 2.36. The standard InChI is InChI=1S/C25H26N4O2/c1-31-23-8-3-2-7-20(23)22-16-28-24-21(22)14-19(15-27-24)17-5-4-6-18(13-17)25(30)29-11-9-26-10-12-29/h2-6,8,13-16,20,26H,7,9-12H2,1H3,(H,27,28). The van der Waals surface area contributed by atoms with Crippen molar-refractivity contribution in [1.29, 1.82) is 0 Å². The quantitative estimate of drug-likeness (QED) is 0.680. The molecule has 1 fully saturated rings. The van der Waals surface area contributed by atoms with Crippen molar-refractivity contribution in [3.63, 3.8) is 0 Å². The number of carbonyl (C=O) groups is 1. The number of piperazine rings is 1. The van der Waals surface area contributed by atoms with Gasteiger partial charge in [0.1, 0.15) is 11.4 Å². The summed E-state index contributed by atoms with van der Waals surface area (Å²) in [5.41, 5.74) is 4.74. The fraction of sp³-hybridized carbons (Fsp3) is 0.280. The lowest BCUT2D eigenvalue weighted by atomic mass is 9.90. The van der Waals surface area contributed by atoms with Crippen LogP contribution in [0.1, 0.15) is 28.3 Å². The molecule has 2 aliphatic rings. The molecule has 3 aromatic rings. The first-order chi connectivity index (χ1) is 15.2. The van der Waals surface area contributed by atoms with Crippen LogP contribution in [0.2, 0.25) is 0 Å². The number of aromatic nitrogens is 2. The number of pyridine rings is 1. The smallest absolute Gasteiger partial charge is 0.253 e. The van der Waals surface area contributed by atoms with Crippen molar-refractivity contribution in [1.82, 2.24) is 20.2 Å². The first-order valence-corrected chi connectivity index (χ1v) is 10.7. The fourth-order valence-corrected chi connectivity index (χ4v) is 4.45. The summed E-state index contributed by atoms with van der Waals surface area (Å²) in [7, 11) is 1.72. The number of H-pyrrole nitrogens is 1. The third kappa shape index (κ3) is 3.75. The van der Waals surface area contributed by atoms with E-state index in [4.69, 9.17) is 4.74 Å². The molecule has 2 aromatic heterocycles. The average Bonchev–Trinajstić information content (AvgIpc) is 3.27. The molecule has 0 saturated carbocycles. The Morgan fingerprint density at radius 1 is 1.19 bits per heavy atom. The lowest BCUT2D eigenvalue weighted by Crippen LogP contribution is -2.46. The maximum atomic E-state index is 12.9. The molecule has 2 N–H and O–H groups in total. The van der Waals surface area contributed by atoms with E-state index in [0.717, 1.165) is 66.1 Å². The van der Waals surface area contributed by atoms with Gasteiger partial charge < -0.3 is 19.9 Å². The van der Waals surface area contributed by atoms with Gasteiger partial charge >= 0.3 is 0 Å². The number of amides is 1. The number of methoxy groups -OCH3 is 1. The van der Waals surface area contributed by atoms with Crippen molar-refractivity contribution < 1.29 is 9.53 Å². The van der Waals surface area contributed by atoms with Crippen molar-refractivity contribution in [3.05, 3.63) is 77.8 Å². The van der Waals surface area contributed by atoms with E-state index < -0.39 is 0 Å². The van der Waals surface area contributed by atoms with Crippen molar-refractivity contribution in [2.45, 2.75) is 12.3 Å². The number of benzene rings is 1. The van der Waals surface area contributed by atoms with Gasteiger partial charge in [0, 0.05) is 61.0 Å². The summed E-state index contributed by atoms with van der Waals surface area (Å²) in [6.45, 7) is 3.18. The molecular formula is C25H26N4O2. The van der Waals surface area contributed by atoms with Gasteiger partial charge in [-0.1, -0.05) is 24.3 Å². The van der Waals surface area contributed by atoms with Crippen LogP contribution in [-0.4, -0.2) is 54.1 Å². The zero-order valence-electron chi connectivity index (χ0n) is 17.6. The topological polar surface area (TPSA) is 70.2 Å². The highest BCUT2D eigenvalue weighted by molar-refractivity contribution is 5.96. The van der Waals surface area contributed by atoms with Crippen LogP contribution in [0.4, 0.5) is 0 Å². The predicted molar refractivity (Wildman–Crippen MR) is 122 cm³/mol. The van der Waals surface area contributed by atoms with Gasteiger partial charge in [0.2, 0.25) is 0 Å². The number of hydrogen-bond acceptors (Lipinski definition) is 4. The molecule has 158 valence electrons. The maximum Gasteiger partial charge on any atom is 0.253 e. The van der Waals surface area contributed by atoms with Crippen LogP contribution in [0.3, 0.4) is 0 Å². The van der Waals surface area contributed by atoms with Gasteiger partial charge in [-0.3, -0.25) is 4.79 Å². The molecule has 0 radical (unpaired) electrons. The molecule has 1 aliphatic heterocycles. The minimum atomic E-state index is 0.0867. The fourth-order valence-electron chi connectivity index (χ4n) is 4.45. The number of nitrogens with one attached hydrogen (secondary N) is 2. The Morgan fingerprint density at radius 2 is 2.06 bits per heavy atom. The van der Waals surface area contributed by atoms with Gasteiger partial charge in [0.05, 0.1) is 7.11 Å². The number of ether oxygens (including phenoxy) is 1. The van der Waals surface area contributed by atoms with Gasteiger partial charge in [0.25, 0.3) is 5.91 Å². The molecule has 5 rings (SSSR count). The Hall–Kier alpha value is -3.38. The van der Waals surface area contributed by atoms with E-state index in [0.29, 0.717) is 0 Å². The molecule has 0 spiro atoms. The molecule has 0 bridgehead atoms. The minimum absolute atomic E-state index is 0.0867. The van der Waals surface area contributed by atoms with Gasteiger partial charge in [-0.15, -0.1) is 0 Å². The van der Waals surface area contributed by atoms with E-state index in [9.17, 15) is 4.79 Å². The second-order valence-corrected chi connectivity index (χ2v) is 7.98. The third-order valence-electron chi connectivity index (χ3n) is 6.13. The monoisotopic (exact) mass is 414 g/mol. The number of rotatable bonds is 4. The van der Waals surface area contributed by atoms with Crippen LogP contribution in [-0.2, 0) is 4.74 Å². The Balaban J connectivity index is 1.49. The molecule has 3 heterocycles. The summed E-state index contributed by atoms with van der Waals surface area (Å²) in [5.74, 6) is 1.21. The molecule has 1 aromatic carbocycles. The number of fused-ring (bicyclic) bond motifs is 1. The highest BCUT2D eigenvalue weighted by Gasteiger charge is 2.23. The summed E-state index contributed by atoms with van der Waals surface area (Å²) >= 11 is 0. The predicted octanol–water partition coefficient (Wildman–Crippen LogP) is 3.85. The van der Waals surface area contributed by atoms with E-state index in [1.807, 2.05) is 53.7 Å². The van der Waals surface area contributed by atoms with Gasteiger partial charge in [-0.25, -0.2) is 4.98 Å². The average molecular weight is 415 g/mol. The molecular weight excluding hydrogens is 388 g/mol. The van der Waals surface area contributed by atoms with Crippen LogP contribution >= 0.6 is 0 Å². The second kappa shape index (κ2) is 8.40. The van der Waals surface area contributed by atoms with Gasteiger partial charge in [0.15, 0.2) is 0 Å². The minimum Gasteiger partial charge on any atom is -0.500 e. The SMILES string of the molecule is COC1=CC=CCC1c1c[nH]c2ncc(-c3cccc(C(=O)N4CCNCC4)c3)cc12. The summed E-state index contributed by atoms with van der Waals surface area (Å²) < 4.78 is 5.62. The normalized spacial score (nSPS) is 18.8. The summed E-state index contributed by atoms with van der Waals surface area (Å²) in [5, 5.41) is 4.37. The number of hydrogen-bond donors (Lipinski definition) is 2. The number of aromatic amines is 1. The van der Waals surface area contributed by atoms with Crippen LogP contribution < -0.4 is 5.32 Å². The summed E-state index contributed by atoms with van der Waals surface area (Å²) in [4.78, 5) is 22.8. The molecule has 6 nitrogen and oxygen atoms in total. The van der Waals surface area contributed by atoms with Crippen LogP contribution in [0.5, 0.6) is 0 Å². The van der Waals surface area contributed by atoms with Crippen LogP contribution in [0, 0.1) is 0 Å². The molecule has 6 heteroatoms. The second-order valence-electron chi connectivity index (χ2n) is 7.98. The van der Waals surface area contributed by atoms with Crippen LogP contribution in [0.25, 0.3) is 22.2 Å². The van der Waals surface area contributed by atoms with E-state index >= 15 is 0 Å². The Morgan fingerprint density at radius 3 is 2.90 bits per heavy atom. The first-order valence-electron chi connectivity index (χ1n) is 10.7. The van der Waals surface area contributed by atoms with Crippen LogP contribution in [0.15, 0.2) is 66.7 Å². The van der Waals surface area contributed by atoms with Crippen molar-refractivity contribution in [3.8, 4) is 11.1 Å². The molecule has 1 unspecified atom stereocenters. The zero-order valence-corrected chi connectivity index (χ0v) is 17.6.